The number of nitrogens with one attached hydrogen (secondary N) is 1. The smallest absolute Gasteiger partial charge is 0.305 e. The highest BCUT2D eigenvalue weighted by molar-refractivity contribution is 9.09. The van der Waals surface area contributed by atoms with Crippen LogP contribution < -0.4 is 11.1 Å². The molecule has 0 radical (unpaired) electrons. The molecule has 0 saturated carbocycles. The van der Waals surface area contributed by atoms with Crippen LogP contribution in [0.4, 0.5) is 0 Å². The van der Waals surface area contributed by atoms with E-state index < -0.39 is 0 Å². The highest BCUT2D eigenvalue weighted by atomic mass is 79.9. The summed E-state index contributed by atoms with van der Waals surface area (Å²) in [4.78, 5) is 24.3. The van der Waals surface area contributed by atoms with Crippen LogP contribution in [-0.2, 0) is 19.1 Å². The van der Waals surface area contributed by atoms with E-state index in [9.17, 15) is 9.59 Å². The third-order valence-electron chi connectivity index (χ3n) is 13.8. The molecule has 0 rings (SSSR count). The van der Waals surface area contributed by atoms with Gasteiger partial charge in [-0.05, 0) is 95.7 Å². The molecule has 0 aliphatic rings. The Balaban J connectivity index is -0.00000111. The predicted octanol–water partition coefficient (Wildman–Crippen LogP) is 20.3. The van der Waals surface area contributed by atoms with Gasteiger partial charge in [0.15, 0.2) is 0 Å². The van der Waals surface area contributed by atoms with Crippen LogP contribution in [0.3, 0.4) is 0 Å². The maximum Gasteiger partial charge on any atom is 0.305 e. The molecule has 0 aliphatic carbocycles. The summed E-state index contributed by atoms with van der Waals surface area (Å²) in [6.45, 7) is 18.1. The lowest BCUT2D eigenvalue weighted by Crippen LogP contribution is -2.16. The molecule has 0 bridgehead atoms. The van der Waals surface area contributed by atoms with E-state index in [0.29, 0.717) is 37.9 Å². The van der Waals surface area contributed by atoms with E-state index >= 15 is 0 Å². The van der Waals surface area contributed by atoms with E-state index in [1.165, 1.54) is 283 Å². The van der Waals surface area contributed by atoms with Crippen molar-refractivity contribution in [1.82, 2.24) is 5.32 Å². The minimum absolute atomic E-state index is 0.0291. The minimum Gasteiger partial charge on any atom is -0.465 e. The van der Waals surface area contributed by atoms with Gasteiger partial charge in [-0.3, -0.25) is 9.59 Å². The Morgan fingerprint density at radius 2 is 0.623 bits per heavy atom. The van der Waals surface area contributed by atoms with Crippen LogP contribution in [0.25, 0.3) is 0 Å². The Hall–Kier alpha value is -0.660. The van der Waals surface area contributed by atoms with Gasteiger partial charge in [-0.1, -0.05) is 276 Å². The fourth-order valence-corrected chi connectivity index (χ4v) is 9.40. The second-order valence-electron chi connectivity index (χ2n) is 21.0. The average Bonchev–Trinajstić information content (AvgIpc) is 3.36. The summed E-state index contributed by atoms with van der Waals surface area (Å²) in [5.41, 5.74) is 5.31. The molecule has 0 spiro atoms. The van der Waals surface area contributed by atoms with Gasteiger partial charge in [-0.2, -0.15) is 0 Å². The molecule has 0 amide bonds. The lowest BCUT2D eigenvalue weighted by atomic mass is 9.95. The zero-order valence-electron chi connectivity index (χ0n) is 48.0. The first-order valence-corrected chi connectivity index (χ1v) is 32.3. The molecular weight excluding hydrogens is 917 g/mol. The summed E-state index contributed by atoms with van der Waals surface area (Å²) >= 11 is 3.47. The fourth-order valence-electron chi connectivity index (χ4n) is 9.00. The summed E-state index contributed by atoms with van der Waals surface area (Å²) in [5, 5.41) is 4.71. The number of hydrogen-bond donors (Lipinski definition) is 2. The first kappa shape index (κ1) is 72.6. The van der Waals surface area contributed by atoms with Crippen LogP contribution in [0.15, 0.2) is 0 Å². The van der Waals surface area contributed by atoms with Gasteiger partial charge in [-0.25, -0.2) is 0 Å². The van der Waals surface area contributed by atoms with E-state index in [0.717, 1.165) is 24.7 Å². The van der Waals surface area contributed by atoms with Crippen molar-refractivity contribution in [3.05, 3.63) is 0 Å². The number of unbranched alkanes of at least 4 members (excludes halogenated alkanes) is 32. The topological polar surface area (TPSA) is 90.6 Å². The summed E-state index contributed by atoms with van der Waals surface area (Å²) in [7, 11) is 0. The molecule has 3 N–H and O–H groups in total. The Labute approximate surface area is 442 Å². The van der Waals surface area contributed by atoms with Crippen LogP contribution in [-0.4, -0.2) is 50.1 Å². The van der Waals surface area contributed by atoms with Crippen molar-refractivity contribution in [1.29, 1.82) is 0 Å². The molecule has 416 valence electrons. The third-order valence-corrected chi connectivity index (χ3v) is 14.4. The first-order valence-electron chi connectivity index (χ1n) is 31.2. The lowest BCUT2D eigenvalue weighted by molar-refractivity contribution is -0.146. The molecule has 0 unspecified atom stereocenters. The normalized spacial score (nSPS) is 11.2. The van der Waals surface area contributed by atoms with Gasteiger partial charge in [-0.15, -0.1) is 0 Å². The summed E-state index contributed by atoms with van der Waals surface area (Å²) in [6, 6.07) is 0. The van der Waals surface area contributed by atoms with Crippen molar-refractivity contribution in [2.75, 3.05) is 38.2 Å². The van der Waals surface area contributed by atoms with Gasteiger partial charge in [0.05, 0.1) is 13.2 Å². The molecule has 69 heavy (non-hydrogen) atoms. The van der Waals surface area contributed by atoms with Crippen LogP contribution in [0.1, 0.15) is 337 Å². The van der Waals surface area contributed by atoms with E-state index in [4.69, 9.17) is 15.2 Å². The predicted molar refractivity (Wildman–Crippen MR) is 311 cm³/mol. The maximum absolute atomic E-state index is 12.2. The molecular formula is C62H127BrN2O4. The summed E-state index contributed by atoms with van der Waals surface area (Å²) < 4.78 is 11.3. The summed E-state index contributed by atoms with van der Waals surface area (Å²) in [5.74, 6) is 1.22. The van der Waals surface area contributed by atoms with Crippen LogP contribution in [0, 0.1) is 11.8 Å². The second-order valence-corrected chi connectivity index (χ2v) is 21.8. The molecule has 0 atom stereocenters. The zero-order valence-corrected chi connectivity index (χ0v) is 49.6. The fraction of sp³-hybridized carbons (Fsp3) is 0.968. The molecule has 0 saturated heterocycles. The number of rotatable bonds is 54. The molecule has 6 nitrogen and oxygen atoms in total. The largest absolute Gasteiger partial charge is 0.465 e. The van der Waals surface area contributed by atoms with Crippen LogP contribution in [0.2, 0.25) is 0 Å². The highest BCUT2D eigenvalue weighted by Gasteiger charge is 2.14. The molecule has 0 aliphatic heterocycles. The Kier molecular flexibility index (Phi) is 70.8. The number of nitrogens with two attached hydrogens (primary N) is 1. The van der Waals surface area contributed by atoms with Crippen molar-refractivity contribution < 1.29 is 19.1 Å². The number of ether oxygens (including phenoxy) is 2. The SMILES string of the molecule is CCCCCCC(CCCCCC)COC(=O)CCCCCCCCCBr.CCCCCCCN.CCCCCCCNCCCCCCCCCC(=O)OCC(CCCCCC)CCCCCC. The van der Waals surface area contributed by atoms with Gasteiger partial charge in [0.25, 0.3) is 0 Å². The van der Waals surface area contributed by atoms with Gasteiger partial charge in [0.2, 0.25) is 0 Å². The van der Waals surface area contributed by atoms with Crippen molar-refractivity contribution in [2.45, 2.75) is 337 Å². The van der Waals surface area contributed by atoms with E-state index in [1.54, 1.807) is 0 Å². The van der Waals surface area contributed by atoms with E-state index in [-0.39, 0.29) is 11.9 Å². The zero-order chi connectivity index (χ0) is 51.2. The molecule has 0 aromatic heterocycles. The van der Waals surface area contributed by atoms with Crippen LogP contribution >= 0.6 is 15.9 Å². The molecule has 0 aromatic carbocycles. The van der Waals surface area contributed by atoms with E-state index in [1.807, 2.05) is 0 Å². The molecule has 7 heteroatoms. The summed E-state index contributed by atoms with van der Waals surface area (Å²) in [6.07, 6.45) is 57.9. The lowest BCUT2D eigenvalue weighted by Gasteiger charge is -2.17. The molecule has 0 aromatic rings. The number of carbonyl (C=O) groups excluding carboxylic acids is 2. The first-order chi connectivity index (χ1) is 33.9. The Bertz CT molecular complexity index is 908. The quantitative estimate of drug-likeness (QED) is 0.0358. The van der Waals surface area contributed by atoms with Crippen molar-refractivity contribution in [2.24, 2.45) is 17.6 Å². The Morgan fingerprint density at radius 1 is 0.362 bits per heavy atom. The number of carbonyl (C=O) groups is 2. The standard InChI is InChI=1S/C31H63NO2.C24H47BrO2.C7H17N/c1-4-7-10-17-22-27-32-28-23-18-15-13-14-16-21-26-31(33)34-29-30(24-19-11-8-5-2)25-20-12-9-6-3;1-3-5-7-14-18-23(19-15-8-6-4-2)22-27-24(26)20-16-12-10-9-11-13-17-21-25;1-2-3-4-5-6-7-8/h30,32H,4-29H2,1-3H3;23H,3-22H2,1-2H3;2-8H2,1H3. The number of hydrogen-bond acceptors (Lipinski definition) is 6. The Morgan fingerprint density at radius 3 is 0.928 bits per heavy atom. The number of esters is 2. The van der Waals surface area contributed by atoms with Gasteiger partial charge >= 0.3 is 11.9 Å². The second kappa shape index (κ2) is 67.3. The average molecular weight is 1040 g/mol. The molecule has 0 heterocycles. The molecule has 0 fully saturated rings. The minimum atomic E-state index is 0.0291. The van der Waals surface area contributed by atoms with Gasteiger partial charge in [0, 0.05) is 18.2 Å². The van der Waals surface area contributed by atoms with Gasteiger partial charge in [0.1, 0.15) is 0 Å². The monoisotopic (exact) mass is 1040 g/mol. The van der Waals surface area contributed by atoms with Crippen molar-refractivity contribution in [3.8, 4) is 0 Å². The van der Waals surface area contributed by atoms with Crippen molar-refractivity contribution in [3.63, 3.8) is 0 Å². The third kappa shape index (κ3) is 67.3. The highest BCUT2D eigenvalue weighted by Crippen LogP contribution is 2.21. The van der Waals surface area contributed by atoms with E-state index in [2.05, 4.69) is 62.8 Å². The number of halogens is 1. The maximum atomic E-state index is 12.2. The van der Waals surface area contributed by atoms with Crippen molar-refractivity contribution >= 4 is 27.9 Å². The van der Waals surface area contributed by atoms with Crippen LogP contribution in [0.5, 0.6) is 0 Å². The van der Waals surface area contributed by atoms with Gasteiger partial charge < -0.3 is 20.5 Å². The number of alkyl halides is 1.